The molecule has 7 nitrogen and oxygen atoms in total. The fourth-order valence-corrected chi connectivity index (χ4v) is 4.66. The average Bonchev–Trinajstić information content (AvgIpc) is 3.44. The van der Waals surface area contributed by atoms with Crippen LogP contribution in [0.2, 0.25) is 4.34 Å². The van der Waals surface area contributed by atoms with Crippen LogP contribution in [0.4, 0.5) is 0 Å². The quantitative estimate of drug-likeness (QED) is 0.451. The van der Waals surface area contributed by atoms with E-state index in [0.717, 1.165) is 66.5 Å². The van der Waals surface area contributed by atoms with Gasteiger partial charge in [0.25, 0.3) is 0 Å². The Balaban J connectivity index is 1.37. The SMILES string of the molecule is CCNC(=NCc1cccc(-c2ncn[nH]2)c1)N1CCN(Cc2ccc(Cl)s2)CC1. The minimum Gasteiger partial charge on any atom is -0.357 e. The molecule has 0 amide bonds. The van der Waals surface area contributed by atoms with Gasteiger partial charge in [-0.15, -0.1) is 11.3 Å². The number of benzene rings is 1. The van der Waals surface area contributed by atoms with Crippen molar-refractivity contribution in [2.75, 3.05) is 32.7 Å². The zero-order valence-electron chi connectivity index (χ0n) is 17.0. The van der Waals surface area contributed by atoms with Gasteiger partial charge in [-0.05, 0) is 30.7 Å². The van der Waals surface area contributed by atoms with Crippen LogP contribution in [-0.4, -0.2) is 63.7 Å². The molecule has 1 saturated heterocycles. The van der Waals surface area contributed by atoms with Gasteiger partial charge in [0.15, 0.2) is 11.8 Å². The average molecular weight is 444 g/mol. The van der Waals surface area contributed by atoms with Gasteiger partial charge in [0.1, 0.15) is 6.33 Å². The number of aromatic nitrogens is 3. The van der Waals surface area contributed by atoms with Crippen LogP contribution in [0, 0.1) is 0 Å². The topological polar surface area (TPSA) is 72.4 Å². The Bertz CT molecular complexity index is 961. The maximum atomic E-state index is 6.06. The lowest BCUT2D eigenvalue weighted by atomic mass is 10.1. The second-order valence-corrected chi connectivity index (χ2v) is 8.97. The Morgan fingerprint density at radius 2 is 2.10 bits per heavy atom. The van der Waals surface area contributed by atoms with Crippen LogP contribution in [0.1, 0.15) is 17.4 Å². The predicted molar refractivity (Wildman–Crippen MR) is 123 cm³/mol. The van der Waals surface area contributed by atoms with Crippen molar-refractivity contribution in [1.29, 1.82) is 0 Å². The molecular weight excluding hydrogens is 418 g/mol. The van der Waals surface area contributed by atoms with Crippen LogP contribution in [0.25, 0.3) is 11.4 Å². The molecule has 0 bridgehead atoms. The normalized spacial score (nSPS) is 15.5. The summed E-state index contributed by atoms with van der Waals surface area (Å²) in [5.41, 5.74) is 2.17. The van der Waals surface area contributed by atoms with Crippen molar-refractivity contribution in [2.24, 2.45) is 4.99 Å². The van der Waals surface area contributed by atoms with Crippen molar-refractivity contribution < 1.29 is 0 Å². The zero-order valence-corrected chi connectivity index (χ0v) is 18.6. The molecule has 3 aromatic rings. The van der Waals surface area contributed by atoms with Crippen LogP contribution in [0.5, 0.6) is 0 Å². The van der Waals surface area contributed by atoms with Gasteiger partial charge < -0.3 is 10.2 Å². The number of thiophene rings is 1. The monoisotopic (exact) mass is 443 g/mol. The maximum Gasteiger partial charge on any atom is 0.194 e. The largest absolute Gasteiger partial charge is 0.357 e. The van der Waals surface area contributed by atoms with Gasteiger partial charge in [-0.25, -0.2) is 9.98 Å². The number of nitrogens with zero attached hydrogens (tertiary/aromatic N) is 5. The number of hydrogen-bond acceptors (Lipinski definition) is 5. The molecule has 1 aliphatic heterocycles. The second-order valence-electron chi connectivity index (χ2n) is 7.17. The fourth-order valence-electron chi connectivity index (χ4n) is 3.53. The summed E-state index contributed by atoms with van der Waals surface area (Å²) in [5.74, 6) is 1.75. The van der Waals surface area contributed by atoms with Gasteiger partial charge in [0, 0.05) is 49.7 Å². The predicted octanol–water partition coefficient (Wildman–Crippen LogP) is 3.47. The Morgan fingerprint density at radius 3 is 2.80 bits per heavy atom. The molecule has 2 N–H and O–H groups in total. The summed E-state index contributed by atoms with van der Waals surface area (Å²) < 4.78 is 0.859. The van der Waals surface area contributed by atoms with E-state index in [-0.39, 0.29) is 0 Å². The molecular formula is C21H26ClN7S. The van der Waals surface area contributed by atoms with E-state index in [1.54, 1.807) is 11.3 Å². The first-order chi connectivity index (χ1) is 14.7. The smallest absolute Gasteiger partial charge is 0.194 e. The molecule has 1 aromatic carbocycles. The summed E-state index contributed by atoms with van der Waals surface area (Å²) in [6, 6.07) is 12.4. The highest BCUT2D eigenvalue weighted by Gasteiger charge is 2.20. The highest BCUT2D eigenvalue weighted by molar-refractivity contribution is 7.16. The van der Waals surface area contributed by atoms with E-state index < -0.39 is 0 Å². The van der Waals surface area contributed by atoms with Crippen molar-refractivity contribution in [3.05, 3.63) is 57.5 Å². The molecule has 4 rings (SSSR count). The molecule has 0 saturated carbocycles. The van der Waals surface area contributed by atoms with Crippen LogP contribution < -0.4 is 5.32 Å². The summed E-state index contributed by atoms with van der Waals surface area (Å²) in [6.07, 6.45) is 1.52. The van der Waals surface area contributed by atoms with Gasteiger partial charge in [-0.2, -0.15) is 5.10 Å². The van der Waals surface area contributed by atoms with Gasteiger partial charge in [-0.1, -0.05) is 29.8 Å². The Hall–Kier alpha value is -2.42. The van der Waals surface area contributed by atoms with E-state index in [9.17, 15) is 0 Å². The van der Waals surface area contributed by atoms with Crippen LogP contribution in [0.15, 0.2) is 47.7 Å². The lowest BCUT2D eigenvalue weighted by molar-refractivity contribution is 0.173. The van der Waals surface area contributed by atoms with E-state index in [1.807, 2.05) is 18.2 Å². The summed E-state index contributed by atoms with van der Waals surface area (Å²) in [4.78, 5) is 15.3. The second kappa shape index (κ2) is 10.1. The number of aliphatic imine (C=N–C) groups is 1. The van der Waals surface area contributed by atoms with Gasteiger partial charge in [0.05, 0.1) is 10.9 Å². The first-order valence-corrected chi connectivity index (χ1v) is 11.3. The molecule has 0 radical (unpaired) electrons. The standard InChI is InChI=1S/C21H26ClN7S/c1-2-23-21(24-13-16-4-3-5-17(12-16)20-25-15-26-27-20)29-10-8-28(9-11-29)14-18-6-7-19(22)30-18/h3-7,12,15H,2,8-11,13-14H2,1H3,(H,23,24)(H,25,26,27). The first kappa shape index (κ1) is 20.8. The Labute approximate surface area is 185 Å². The van der Waals surface area contributed by atoms with Crippen LogP contribution >= 0.6 is 22.9 Å². The number of nitrogens with one attached hydrogen (secondary N) is 2. The van der Waals surface area contributed by atoms with Crippen molar-refractivity contribution in [3.63, 3.8) is 0 Å². The van der Waals surface area contributed by atoms with E-state index in [4.69, 9.17) is 16.6 Å². The van der Waals surface area contributed by atoms with Crippen LogP contribution in [-0.2, 0) is 13.1 Å². The molecule has 0 unspecified atom stereocenters. The number of guanidine groups is 1. The highest BCUT2D eigenvalue weighted by Crippen LogP contribution is 2.23. The minimum atomic E-state index is 0.623. The molecule has 2 aromatic heterocycles. The summed E-state index contributed by atoms with van der Waals surface area (Å²) >= 11 is 7.73. The number of rotatable bonds is 6. The summed E-state index contributed by atoms with van der Waals surface area (Å²) in [7, 11) is 0. The lowest BCUT2D eigenvalue weighted by Crippen LogP contribution is -2.52. The molecule has 3 heterocycles. The van der Waals surface area contributed by atoms with Crippen molar-refractivity contribution in [3.8, 4) is 11.4 Å². The minimum absolute atomic E-state index is 0.623. The van der Waals surface area contributed by atoms with Crippen molar-refractivity contribution >= 4 is 28.9 Å². The van der Waals surface area contributed by atoms with Crippen molar-refractivity contribution in [2.45, 2.75) is 20.0 Å². The molecule has 0 aliphatic carbocycles. The Morgan fingerprint density at radius 1 is 1.23 bits per heavy atom. The summed E-state index contributed by atoms with van der Waals surface area (Å²) in [6.45, 7) is 8.50. The van der Waals surface area contributed by atoms with Crippen molar-refractivity contribution in [1.82, 2.24) is 30.3 Å². The highest BCUT2D eigenvalue weighted by atomic mass is 35.5. The molecule has 0 spiro atoms. The van der Waals surface area contributed by atoms with Gasteiger partial charge >= 0.3 is 0 Å². The number of H-pyrrole nitrogens is 1. The molecule has 0 atom stereocenters. The number of hydrogen-bond donors (Lipinski definition) is 2. The summed E-state index contributed by atoms with van der Waals surface area (Å²) in [5, 5.41) is 10.3. The maximum absolute atomic E-state index is 6.06. The van der Waals surface area contributed by atoms with E-state index in [2.05, 4.69) is 55.4 Å². The number of piperazine rings is 1. The molecule has 1 aliphatic rings. The van der Waals surface area contributed by atoms with E-state index in [1.165, 1.54) is 11.2 Å². The molecule has 9 heteroatoms. The first-order valence-electron chi connectivity index (χ1n) is 10.2. The van der Waals surface area contributed by atoms with E-state index >= 15 is 0 Å². The number of halogens is 1. The lowest BCUT2D eigenvalue weighted by Gasteiger charge is -2.36. The third kappa shape index (κ3) is 5.38. The fraction of sp³-hybridized carbons (Fsp3) is 0.381. The third-order valence-corrected chi connectivity index (χ3v) is 6.26. The molecule has 30 heavy (non-hydrogen) atoms. The zero-order chi connectivity index (χ0) is 20.8. The van der Waals surface area contributed by atoms with Crippen LogP contribution in [0.3, 0.4) is 0 Å². The van der Waals surface area contributed by atoms with Gasteiger partial charge in [0.2, 0.25) is 0 Å². The number of aromatic amines is 1. The van der Waals surface area contributed by atoms with Gasteiger partial charge in [-0.3, -0.25) is 10.00 Å². The molecule has 158 valence electrons. The van der Waals surface area contributed by atoms with E-state index in [0.29, 0.717) is 6.54 Å². The Kier molecular flexibility index (Phi) is 6.99. The third-order valence-electron chi connectivity index (χ3n) is 5.04. The molecule has 1 fully saturated rings.